The fourth-order valence-corrected chi connectivity index (χ4v) is 3.61. The summed E-state index contributed by atoms with van der Waals surface area (Å²) in [6.07, 6.45) is 1.75. The van der Waals surface area contributed by atoms with Gasteiger partial charge >= 0.3 is 0 Å². The topological polar surface area (TPSA) is 58.1 Å². The Bertz CT molecular complexity index is 725. The van der Waals surface area contributed by atoms with E-state index in [4.69, 9.17) is 9.47 Å². The van der Waals surface area contributed by atoms with Crippen molar-refractivity contribution in [3.8, 4) is 5.75 Å². The van der Waals surface area contributed by atoms with Gasteiger partial charge in [-0.3, -0.25) is 14.8 Å². The van der Waals surface area contributed by atoms with Gasteiger partial charge in [0.25, 0.3) is 0 Å². The third-order valence-corrected chi connectivity index (χ3v) is 5.03. The summed E-state index contributed by atoms with van der Waals surface area (Å²) in [5.74, 6) is 0.313. The Kier molecular flexibility index (Phi) is 5.12. The number of aromatic nitrogens is 1. The zero-order valence-electron chi connectivity index (χ0n) is 14.5. The number of morpholine rings is 2. The van der Waals surface area contributed by atoms with Crippen LogP contribution in [0.1, 0.15) is 11.1 Å². The lowest BCUT2D eigenvalue weighted by Crippen LogP contribution is -2.36. The molecule has 25 heavy (non-hydrogen) atoms. The van der Waals surface area contributed by atoms with Crippen LogP contribution in [0.15, 0.2) is 24.4 Å². The van der Waals surface area contributed by atoms with Crippen molar-refractivity contribution >= 4 is 10.9 Å². The largest absolute Gasteiger partial charge is 0.505 e. The van der Waals surface area contributed by atoms with Gasteiger partial charge in [0.1, 0.15) is 11.3 Å². The number of benzene rings is 1. The van der Waals surface area contributed by atoms with Gasteiger partial charge in [0.15, 0.2) is 0 Å². The van der Waals surface area contributed by atoms with Crippen molar-refractivity contribution in [2.45, 2.75) is 13.1 Å². The second-order valence-electron chi connectivity index (χ2n) is 6.72. The molecule has 0 atom stereocenters. The average Bonchev–Trinajstić information content (AvgIpc) is 2.67. The molecule has 0 aliphatic carbocycles. The van der Waals surface area contributed by atoms with Crippen LogP contribution < -0.4 is 0 Å². The summed E-state index contributed by atoms with van der Waals surface area (Å²) in [6, 6.07) is 6.15. The minimum absolute atomic E-state index is 0.313. The maximum Gasteiger partial charge on any atom is 0.146 e. The van der Waals surface area contributed by atoms with Crippen molar-refractivity contribution in [1.82, 2.24) is 14.8 Å². The van der Waals surface area contributed by atoms with Gasteiger partial charge in [-0.1, -0.05) is 6.07 Å². The summed E-state index contributed by atoms with van der Waals surface area (Å²) in [4.78, 5) is 9.18. The normalized spacial score (nSPS) is 20.2. The Morgan fingerprint density at radius 3 is 2.16 bits per heavy atom. The number of ether oxygens (including phenoxy) is 2. The van der Waals surface area contributed by atoms with Crippen LogP contribution in [0, 0.1) is 0 Å². The van der Waals surface area contributed by atoms with E-state index >= 15 is 0 Å². The molecule has 134 valence electrons. The fraction of sp³-hybridized carbons (Fsp3) is 0.526. The summed E-state index contributed by atoms with van der Waals surface area (Å²) >= 11 is 0. The Hall–Kier alpha value is -1.73. The minimum atomic E-state index is 0.313. The molecule has 1 N–H and O–H groups in total. The first-order chi connectivity index (χ1) is 12.3. The fourth-order valence-electron chi connectivity index (χ4n) is 3.61. The lowest BCUT2D eigenvalue weighted by Gasteiger charge is -2.29. The zero-order valence-corrected chi connectivity index (χ0v) is 14.5. The summed E-state index contributed by atoms with van der Waals surface area (Å²) in [5, 5.41) is 11.8. The summed E-state index contributed by atoms with van der Waals surface area (Å²) in [5.41, 5.74) is 2.89. The monoisotopic (exact) mass is 343 g/mol. The summed E-state index contributed by atoms with van der Waals surface area (Å²) in [7, 11) is 0. The molecule has 2 aromatic rings. The molecule has 0 bridgehead atoms. The van der Waals surface area contributed by atoms with E-state index in [1.807, 2.05) is 6.07 Å². The van der Waals surface area contributed by atoms with E-state index in [0.29, 0.717) is 11.3 Å². The van der Waals surface area contributed by atoms with Crippen molar-refractivity contribution < 1.29 is 14.6 Å². The maximum absolute atomic E-state index is 10.8. The quantitative estimate of drug-likeness (QED) is 0.910. The van der Waals surface area contributed by atoms with Gasteiger partial charge in [-0.25, -0.2) is 0 Å². The lowest BCUT2D eigenvalue weighted by molar-refractivity contribution is 0.0333. The van der Waals surface area contributed by atoms with Crippen LogP contribution in [0.4, 0.5) is 0 Å². The van der Waals surface area contributed by atoms with Crippen molar-refractivity contribution in [3.05, 3.63) is 35.5 Å². The van der Waals surface area contributed by atoms with Gasteiger partial charge < -0.3 is 14.6 Å². The molecule has 2 aliphatic heterocycles. The highest BCUT2D eigenvalue weighted by Crippen LogP contribution is 2.32. The molecule has 2 fully saturated rings. The number of nitrogens with zero attached hydrogens (tertiary/aromatic N) is 3. The lowest BCUT2D eigenvalue weighted by atomic mass is 10.0. The van der Waals surface area contributed by atoms with Gasteiger partial charge in [-0.2, -0.15) is 0 Å². The van der Waals surface area contributed by atoms with Crippen molar-refractivity contribution in [2.75, 3.05) is 52.6 Å². The minimum Gasteiger partial charge on any atom is -0.505 e. The van der Waals surface area contributed by atoms with Crippen LogP contribution in [0.25, 0.3) is 10.9 Å². The van der Waals surface area contributed by atoms with Crippen molar-refractivity contribution in [2.24, 2.45) is 0 Å². The first-order valence-corrected chi connectivity index (χ1v) is 9.00. The molecule has 1 aromatic carbocycles. The molecule has 2 aliphatic rings. The highest BCUT2D eigenvalue weighted by Gasteiger charge is 2.19. The van der Waals surface area contributed by atoms with Gasteiger partial charge in [-0.05, 0) is 17.7 Å². The predicted octanol–water partition coefficient (Wildman–Crippen LogP) is 1.60. The van der Waals surface area contributed by atoms with Crippen LogP contribution >= 0.6 is 0 Å². The molecular formula is C19H25N3O3. The molecule has 0 unspecified atom stereocenters. The molecule has 6 heteroatoms. The van der Waals surface area contributed by atoms with E-state index in [9.17, 15) is 5.11 Å². The second kappa shape index (κ2) is 7.66. The van der Waals surface area contributed by atoms with E-state index in [1.165, 1.54) is 5.56 Å². The Labute approximate surface area is 148 Å². The van der Waals surface area contributed by atoms with Gasteiger partial charge in [-0.15, -0.1) is 0 Å². The third-order valence-electron chi connectivity index (χ3n) is 5.03. The van der Waals surface area contributed by atoms with Crippen LogP contribution in [-0.4, -0.2) is 72.5 Å². The zero-order chi connectivity index (χ0) is 17.1. The number of phenolic OH excluding ortho intramolecular Hbond substituents is 1. The second-order valence-corrected chi connectivity index (χ2v) is 6.72. The molecule has 0 saturated carbocycles. The standard InChI is InChI=1S/C19H25N3O3/c23-19-16(14-22-6-10-25-11-7-22)12-15(13-21-4-8-24-9-5-21)17-2-1-3-20-18(17)19/h1-3,12,23H,4-11,13-14H2. The van der Waals surface area contributed by atoms with Gasteiger partial charge in [0, 0.05) is 56.4 Å². The molecule has 1 aromatic heterocycles. The average molecular weight is 343 g/mol. The van der Waals surface area contributed by atoms with Gasteiger partial charge in [0.2, 0.25) is 0 Å². The molecule has 6 nitrogen and oxygen atoms in total. The molecule has 4 rings (SSSR count). The van der Waals surface area contributed by atoms with E-state index in [1.54, 1.807) is 6.20 Å². The van der Waals surface area contributed by atoms with Crippen molar-refractivity contribution in [1.29, 1.82) is 0 Å². The van der Waals surface area contributed by atoms with E-state index in [0.717, 1.165) is 76.6 Å². The highest BCUT2D eigenvalue weighted by atomic mass is 16.5. The molecule has 3 heterocycles. The first-order valence-electron chi connectivity index (χ1n) is 9.00. The van der Waals surface area contributed by atoms with Crippen LogP contribution in [0.5, 0.6) is 5.75 Å². The van der Waals surface area contributed by atoms with E-state index in [-0.39, 0.29) is 0 Å². The number of pyridine rings is 1. The summed E-state index contributed by atoms with van der Waals surface area (Å²) in [6.45, 7) is 8.38. The number of aromatic hydroxyl groups is 1. The van der Waals surface area contributed by atoms with Crippen LogP contribution in [-0.2, 0) is 22.6 Å². The molecule has 0 spiro atoms. The maximum atomic E-state index is 10.8. The molecule has 2 saturated heterocycles. The van der Waals surface area contributed by atoms with Crippen LogP contribution in [0.2, 0.25) is 0 Å². The third kappa shape index (κ3) is 3.77. The van der Waals surface area contributed by atoms with Crippen molar-refractivity contribution in [3.63, 3.8) is 0 Å². The number of fused-ring (bicyclic) bond motifs is 1. The van der Waals surface area contributed by atoms with E-state index in [2.05, 4.69) is 26.9 Å². The molecule has 0 radical (unpaired) electrons. The SMILES string of the molecule is Oc1c(CN2CCOCC2)cc(CN2CCOCC2)c2cccnc12. The van der Waals surface area contributed by atoms with Gasteiger partial charge in [0.05, 0.1) is 26.4 Å². The molecule has 0 amide bonds. The first kappa shape index (κ1) is 16.7. The predicted molar refractivity (Wildman–Crippen MR) is 95.6 cm³/mol. The summed E-state index contributed by atoms with van der Waals surface area (Å²) < 4.78 is 10.9. The Morgan fingerprint density at radius 1 is 0.920 bits per heavy atom. The van der Waals surface area contributed by atoms with Crippen LogP contribution in [0.3, 0.4) is 0 Å². The molecular weight excluding hydrogens is 318 g/mol. The smallest absolute Gasteiger partial charge is 0.146 e. The number of hydrogen-bond acceptors (Lipinski definition) is 6. The Balaban J connectivity index is 1.66. The Morgan fingerprint density at radius 2 is 1.52 bits per heavy atom. The number of phenols is 1. The number of hydrogen-bond donors (Lipinski definition) is 1. The number of rotatable bonds is 4. The van der Waals surface area contributed by atoms with E-state index < -0.39 is 0 Å². The highest BCUT2D eigenvalue weighted by molar-refractivity contribution is 5.88.